The Kier molecular flexibility index (Phi) is 15.5. The number of guanidine groups is 2. The number of nitrogens with two attached hydrogens (primary N) is 5. The van der Waals surface area contributed by atoms with Crippen molar-refractivity contribution in [2.75, 3.05) is 18.8 Å². The first-order valence-electron chi connectivity index (χ1n) is 12.6. The molecule has 1 rings (SSSR count). The Morgan fingerprint density at radius 2 is 1.27 bits per heavy atom. The van der Waals surface area contributed by atoms with Crippen LogP contribution in [0.5, 0.6) is 0 Å². The molecule has 4 atom stereocenters. The van der Waals surface area contributed by atoms with Crippen LogP contribution in [0.3, 0.4) is 0 Å². The number of hydrogen-bond donors (Lipinski definition) is 10. The van der Waals surface area contributed by atoms with Gasteiger partial charge in [-0.2, -0.15) is 12.6 Å². The van der Waals surface area contributed by atoms with Crippen LogP contribution in [0.1, 0.15) is 31.2 Å². The molecule has 4 unspecified atom stereocenters. The van der Waals surface area contributed by atoms with E-state index in [4.69, 9.17) is 28.7 Å². The lowest BCUT2D eigenvalue weighted by molar-refractivity contribution is -0.142. The molecule has 0 saturated carbocycles. The summed E-state index contributed by atoms with van der Waals surface area (Å²) in [7, 11) is 0. The highest BCUT2D eigenvalue weighted by atomic mass is 32.1. The van der Waals surface area contributed by atoms with Crippen LogP contribution in [0.2, 0.25) is 0 Å². The topological polar surface area (TPSA) is 279 Å². The fraction of sp³-hybridized carbons (Fsp3) is 0.500. The molecule has 15 nitrogen and oxygen atoms in total. The lowest BCUT2D eigenvalue weighted by atomic mass is 10.0. The monoisotopic (exact) mass is 580 g/mol. The van der Waals surface area contributed by atoms with E-state index in [1.807, 2.05) is 0 Å². The number of aliphatic carboxylic acids is 1. The number of carbonyl (C=O) groups is 4. The van der Waals surface area contributed by atoms with Crippen LogP contribution in [-0.2, 0) is 25.6 Å². The van der Waals surface area contributed by atoms with Crippen LogP contribution in [0, 0.1) is 0 Å². The summed E-state index contributed by atoms with van der Waals surface area (Å²) in [4.78, 5) is 58.1. The number of amides is 3. The zero-order valence-electron chi connectivity index (χ0n) is 22.2. The van der Waals surface area contributed by atoms with Gasteiger partial charge in [-0.05, 0) is 31.2 Å². The summed E-state index contributed by atoms with van der Waals surface area (Å²) in [6, 6.07) is 4.50. The van der Waals surface area contributed by atoms with E-state index >= 15 is 0 Å². The molecule has 0 aliphatic carbocycles. The van der Waals surface area contributed by atoms with E-state index in [-0.39, 0.29) is 43.5 Å². The Hall–Kier alpha value is -4.05. The highest BCUT2D eigenvalue weighted by molar-refractivity contribution is 7.80. The highest BCUT2D eigenvalue weighted by Crippen LogP contribution is 2.06. The maximum atomic E-state index is 13.2. The molecule has 1 aromatic carbocycles. The Bertz CT molecular complexity index is 1030. The van der Waals surface area contributed by atoms with E-state index < -0.39 is 47.9 Å². The van der Waals surface area contributed by atoms with Crippen molar-refractivity contribution in [1.82, 2.24) is 16.0 Å². The van der Waals surface area contributed by atoms with E-state index in [2.05, 4.69) is 38.6 Å². The summed E-state index contributed by atoms with van der Waals surface area (Å²) in [5, 5.41) is 17.1. The number of benzene rings is 1. The van der Waals surface area contributed by atoms with Gasteiger partial charge in [0.05, 0.1) is 6.04 Å². The van der Waals surface area contributed by atoms with E-state index in [1.54, 1.807) is 30.3 Å². The average Bonchev–Trinajstić information content (AvgIpc) is 2.90. The normalized spacial score (nSPS) is 13.6. The van der Waals surface area contributed by atoms with Crippen LogP contribution in [0.25, 0.3) is 0 Å². The predicted molar refractivity (Wildman–Crippen MR) is 155 cm³/mol. The Morgan fingerprint density at radius 3 is 1.80 bits per heavy atom. The second-order valence-electron chi connectivity index (χ2n) is 8.90. The molecule has 0 spiro atoms. The molecule has 0 heterocycles. The van der Waals surface area contributed by atoms with Gasteiger partial charge in [-0.1, -0.05) is 30.3 Å². The van der Waals surface area contributed by atoms with Crippen LogP contribution in [0.15, 0.2) is 40.3 Å². The number of hydrogen-bond acceptors (Lipinski definition) is 8. The van der Waals surface area contributed by atoms with Gasteiger partial charge in [0.25, 0.3) is 0 Å². The number of thiol groups is 1. The average molecular weight is 581 g/mol. The molecule has 0 aromatic heterocycles. The Morgan fingerprint density at radius 1 is 0.775 bits per heavy atom. The van der Waals surface area contributed by atoms with Gasteiger partial charge in [0.2, 0.25) is 17.7 Å². The largest absolute Gasteiger partial charge is 0.480 e. The fourth-order valence-electron chi connectivity index (χ4n) is 3.49. The molecule has 0 aliphatic rings. The van der Waals surface area contributed by atoms with Crippen LogP contribution >= 0.6 is 12.6 Å². The Labute approximate surface area is 238 Å². The molecule has 0 fully saturated rings. The third kappa shape index (κ3) is 13.7. The first-order valence-corrected chi connectivity index (χ1v) is 13.2. The number of rotatable bonds is 18. The molecular weight excluding hydrogens is 540 g/mol. The number of aliphatic imine (C=N–C) groups is 2. The van der Waals surface area contributed by atoms with Crippen molar-refractivity contribution >= 4 is 48.2 Å². The SMILES string of the molecule is NC(N)=NCCCC(N)C(=O)NC(Cc1ccccc1)C(=O)NC(CS)C(=O)NC(CCCN=C(N)N)C(=O)O. The van der Waals surface area contributed by atoms with Crippen molar-refractivity contribution in [3.05, 3.63) is 35.9 Å². The lowest BCUT2D eigenvalue weighted by Crippen LogP contribution is -2.58. The quantitative estimate of drug-likeness (QED) is 0.0366. The Balaban J connectivity index is 2.90. The maximum Gasteiger partial charge on any atom is 0.326 e. The number of carbonyl (C=O) groups excluding carboxylic acids is 3. The molecule has 3 amide bonds. The summed E-state index contributed by atoms with van der Waals surface area (Å²) in [6.07, 6.45) is 1.18. The van der Waals surface area contributed by atoms with Crippen molar-refractivity contribution in [3.63, 3.8) is 0 Å². The van der Waals surface area contributed by atoms with Crippen molar-refractivity contribution in [3.8, 4) is 0 Å². The fourth-order valence-corrected chi connectivity index (χ4v) is 3.75. The lowest BCUT2D eigenvalue weighted by Gasteiger charge is -2.24. The minimum atomic E-state index is -1.26. The zero-order chi connectivity index (χ0) is 30.1. The molecule has 0 radical (unpaired) electrons. The second kappa shape index (κ2) is 18.3. The van der Waals surface area contributed by atoms with Gasteiger partial charge in [0.15, 0.2) is 11.9 Å². The molecule has 0 saturated heterocycles. The van der Waals surface area contributed by atoms with Gasteiger partial charge < -0.3 is 49.7 Å². The van der Waals surface area contributed by atoms with Gasteiger partial charge in [-0.15, -0.1) is 0 Å². The van der Waals surface area contributed by atoms with Crippen molar-refractivity contribution in [1.29, 1.82) is 0 Å². The zero-order valence-corrected chi connectivity index (χ0v) is 23.1. The first-order chi connectivity index (χ1) is 18.9. The number of nitrogens with zero attached hydrogens (tertiary/aromatic N) is 2. The minimum absolute atomic E-state index is 0.0544. The van der Waals surface area contributed by atoms with E-state index in [9.17, 15) is 24.3 Å². The third-order valence-corrected chi connectivity index (χ3v) is 5.96. The van der Waals surface area contributed by atoms with Crippen molar-refractivity contribution in [2.24, 2.45) is 38.7 Å². The number of nitrogens with one attached hydrogen (secondary N) is 3. The van der Waals surface area contributed by atoms with E-state index in [0.29, 0.717) is 19.4 Å². The molecule has 16 heteroatoms. The molecule has 14 N–H and O–H groups in total. The molecule has 1 aromatic rings. The summed E-state index contributed by atoms with van der Waals surface area (Å²) in [5.74, 6) is -3.57. The van der Waals surface area contributed by atoms with Crippen LogP contribution in [0.4, 0.5) is 0 Å². The standard InChI is InChI=1S/C24H40N10O5S/c25-15(8-4-10-30-23(26)27)19(35)33-17(12-14-6-2-1-3-7-14)20(36)34-18(13-40)21(37)32-16(22(38)39)9-5-11-31-24(28)29/h1-3,6-7,15-18,40H,4-5,8-13,25H2,(H,32,37)(H,33,35)(H,34,36)(H,38,39)(H4,26,27,30)(H4,28,29,31). The smallest absolute Gasteiger partial charge is 0.326 e. The van der Waals surface area contributed by atoms with Gasteiger partial charge >= 0.3 is 5.97 Å². The highest BCUT2D eigenvalue weighted by Gasteiger charge is 2.29. The predicted octanol–water partition coefficient (Wildman–Crippen LogP) is -2.87. The number of carboxylic acids is 1. The van der Waals surface area contributed by atoms with Crippen molar-refractivity contribution < 1.29 is 24.3 Å². The molecule has 222 valence electrons. The van der Waals surface area contributed by atoms with Gasteiger partial charge in [-0.3, -0.25) is 24.4 Å². The summed E-state index contributed by atoms with van der Waals surface area (Å²) in [6.45, 7) is 0.480. The summed E-state index contributed by atoms with van der Waals surface area (Å²) >= 11 is 4.14. The first kappa shape index (κ1) is 34.0. The van der Waals surface area contributed by atoms with Gasteiger partial charge in [-0.25, -0.2) is 4.79 Å². The van der Waals surface area contributed by atoms with Crippen molar-refractivity contribution in [2.45, 2.75) is 56.3 Å². The summed E-state index contributed by atoms with van der Waals surface area (Å²) < 4.78 is 0. The van der Waals surface area contributed by atoms with Gasteiger partial charge in [0, 0.05) is 25.3 Å². The van der Waals surface area contributed by atoms with Gasteiger partial charge in [0.1, 0.15) is 18.1 Å². The molecule has 0 aliphatic heterocycles. The molecular formula is C24H40N10O5S. The molecule has 0 bridgehead atoms. The number of carboxylic acid groups (broad SMARTS) is 1. The second-order valence-corrected chi connectivity index (χ2v) is 9.26. The minimum Gasteiger partial charge on any atom is -0.480 e. The molecule has 40 heavy (non-hydrogen) atoms. The van der Waals surface area contributed by atoms with E-state index in [0.717, 1.165) is 5.56 Å². The third-order valence-electron chi connectivity index (χ3n) is 5.60. The maximum absolute atomic E-state index is 13.2. The van der Waals surface area contributed by atoms with Crippen LogP contribution < -0.4 is 44.6 Å². The van der Waals surface area contributed by atoms with E-state index in [1.165, 1.54) is 0 Å². The van der Waals surface area contributed by atoms with Crippen LogP contribution in [-0.4, -0.2) is 83.7 Å². The summed E-state index contributed by atoms with van der Waals surface area (Å²) in [5.41, 5.74) is 27.8.